The van der Waals surface area contributed by atoms with Gasteiger partial charge in [-0.2, -0.15) is 4.98 Å². The van der Waals surface area contributed by atoms with Crippen LogP contribution in [0.4, 0.5) is 5.82 Å². The lowest BCUT2D eigenvalue weighted by Crippen LogP contribution is -2.31. The molecule has 0 unspecified atom stereocenters. The summed E-state index contributed by atoms with van der Waals surface area (Å²) in [7, 11) is 3.81. The molecule has 0 radical (unpaired) electrons. The minimum atomic E-state index is -0.109. The summed E-state index contributed by atoms with van der Waals surface area (Å²) in [5.74, 6) is 1.97. The molecular weight excluding hydrogens is 294 g/mol. The van der Waals surface area contributed by atoms with Crippen molar-refractivity contribution in [2.45, 2.75) is 32.2 Å². The molecule has 2 aromatic heterocycles. The second kappa shape index (κ2) is 6.36. The minimum absolute atomic E-state index is 0.0131. The molecule has 1 atom stereocenters. The monoisotopic (exact) mass is 315 g/mol. The smallest absolute Gasteiger partial charge is 0.254 e. The first-order chi connectivity index (χ1) is 11.1. The van der Waals surface area contributed by atoms with Crippen molar-refractivity contribution in [2.24, 2.45) is 0 Å². The van der Waals surface area contributed by atoms with Gasteiger partial charge in [-0.05, 0) is 25.0 Å². The topological polar surface area (TPSA) is 75.4 Å². The van der Waals surface area contributed by atoms with Crippen LogP contribution in [-0.4, -0.2) is 46.6 Å². The molecule has 7 nitrogen and oxygen atoms in total. The molecule has 1 fully saturated rings. The van der Waals surface area contributed by atoms with Crippen LogP contribution in [0, 0.1) is 0 Å². The summed E-state index contributed by atoms with van der Waals surface area (Å²) in [6, 6.07) is 3.45. The predicted molar refractivity (Wildman–Crippen MR) is 85.3 cm³/mol. The highest BCUT2D eigenvalue weighted by Gasteiger charge is 2.34. The van der Waals surface area contributed by atoms with Crippen molar-refractivity contribution in [3.8, 4) is 0 Å². The lowest BCUT2D eigenvalue weighted by molar-refractivity contribution is 0.0728. The van der Waals surface area contributed by atoms with Crippen molar-refractivity contribution in [1.82, 2.24) is 20.0 Å². The molecule has 122 valence electrons. The third kappa shape index (κ3) is 3.04. The molecule has 3 heterocycles. The second-order valence-electron chi connectivity index (χ2n) is 5.85. The lowest BCUT2D eigenvalue weighted by atomic mass is 10.1. The van der Waals surface area contributed by atoms with Gasteiger partial charge < -0.3 is 14.3 Å². The molecule has 23 heavy (non-hydrogen) atoms. The summed E-state index contributed by atoms with van der Waals surface area (Å²) in [4.78, 5) is 25.2. The minimum Gasteiger partial charge on any atom is -0.363 e. The van der Waals surface area contributed by atoms with Crippen LogP contribution < -0.4 is 4.90 Å². The number of hydrogen-bond donors (Lipinski definition) is 0. The highest BCUT2D eigenvalue weighted by atomic mass is 16.5. The van der Waals surface area contributed by atoms with Crippen molar-refractivity contribution < 1.29 is 9.32 Å². The van der Waals surface area contributed by atoms with E-state index in [1.54, 1.807) is 12.3 Å². The number of aryl methyl sites for hydroxylation is 1. The average Bonchev–Trinajstić information content (AvgIpc) is 3.22. The van der Waals surface area contributed by atoms with Crippen LogP contribution in [0.15, 0.2) is 22.9 Å². The van der Waals surface area contributed by atoms with E-state index in [1.807, 2.05) is 36.9 Å². The van der Waals surface area contributed by atoms with E-state index in [2.05, 4.69) is 15.1 Å². The average molecular weight is 315 g/mol. The Labute approximate surface area is 135 Å². The molecule has 0 spiro atoms. The number of pyridine rings is 1. The Morgan fingerprint density at radius 3 is 3.00 bits per heavy atom. The molecule has 0 aliphatic carbocycles. The van der Waals surface area contributed by atoms with E-state index >= 15 is 0 Å². The van der Waals surface area contributed by atoms with Crippen molar-refractivity contribution >= 4 is 11.7 Å². The normalized spacial score (nSPS) is 17.5. The van der Waals surface area contributed by atoms with Gasteiger partial charge in [0.2, 0.25) is 5.89 Å². The molecule has 0 bridgehead atoms. The summed E-state index contributed by atoms with van der Waals surface area (Å²) in [5.41, 5.74) is 0.634. The van der Waals surface area contributed by atoms with E-state index in [-0.39, 0.29) is 11.9 Å². The van der Waals surface area contributed by atoms with Crippen LogP contribution >= 0.6 is 0 Å². The number of hydrogen-bond acceptors (Lipinski definition) is 6. The molecule has 0 N–H and O–H groups in total. The molecule has 3 rings (SSSR count). The summed E-state index contributed by atoms with van der Waals surface area (Å²) >= 11 is 0. The Kier molecular flexibility index (Phi) is 4.27. The Morgan fingerprint density at radius 1 is 1.48 bits per heavy atom. The van der Waals surface area contributed by atoms with Crippen molar-refractivity contribution in [2.75, 3.05) is 25.5 Å². The summed E-state index contributed by atoms with van der Waals surface area (Å²) in [5, 5.41) is 4.04. The molecular formula is C16H21N5O2. The number of carbonyl (C=O) groups is 1. The van der Waals surface area contributed by atoms with Gasteiger partial charge >= 0.3 is 0 Å². The fraction of sp³-hybridized carbons (Fsp3) is 0.500. The van der Waals surface area contributed by atoms with Crippen molar-refractivity contribution in [3.63, 3.8) is 0 Å². The third-order valence-electron chi connectivity index (χ3n) is 4.05. The quantitative estimate of drug-likeness (QED) is 0.860. The zero-order valence-electron chi connectivity index (χ0n) is 13.7. The number of rotatable bonds is 4. The zero-order valence-corrected chi connectivity index (χ0v) is 13.7. The Morgan fingerprint density at radius 2 is 2.30 bits per heavy atom. The molecule has 2 aromatic rings. The standard InChI is InChI=1S/C16H21N5O2/c1-4-14-18-15(19-23-14)12-6-5-9-21(12)16(22)11-7-8-17-13(10-11)20(2)3/h7-8,10,12H,4-6,9H2,1-3H3/t12-/m0/s1. The first kappa shape index (κ1) is 15.5. The van der Waals surface area contributed by atoms with Crippen LogP contribution in [0.5, 0.6) is 0 Å². The maximum atomic E-state index is 12.9. The Hall–Kier alpha value is -2.44. The van der Waals surface area contributed by atoms with Crippen molar-refractivity contribution in [3.05, 3.63) is 35.6 Å². The maximum absolute atomic E-state index is 12.9. The van der Waals surface area contributed by atoms with E-state index < -0.39 is 0 Å². The first-order valence-corrected chi connectivity index (χ1v) is 7.87. The number of amides is 1. The van der Waals surface area contributed by atoms with E-state index in [0.29, 0.717) is 30.2 Å². The van der Waals surface area contributed by atoms with Gasteiger partial charge in [-0.3, -0.25) is 4.79 Å². The number of aromatic nitrogens is 3. The molecule has 1 aliphatic heterocycles. The third-order valence-corrected chi connectivity index (χ3v) is 4.05. The van der Waals surface area contributed by atoms with Gasteiger partial charge in [0.25, 0.3) is 5.91 Å². The molecule has 1 amide bonds. The maximum Gasteiger partial charge on any atom is 0.254 e. The van der Waals surface area contributed by atoms with E-state index in [0.717, 1.165) is 18.7 Å². The summed E-state index contributed by atoms with van der Waals surface area (Å²) in [6.07, 6.45) is 4.17. The summed E-state index contributed by atoms with van der Waals surface area (Å²) in [6.45, 7) is 2.67. The number of carbonyl (C=O) groups excluding carboxylic acids is 1. The van der Waals surface area contributed by atoms with Crippen LogP contribution in [0.3, 0.4) is 0 Å². The van der Waals surface area contributed by atoms with E-state index in [1.165, 1.54) is 0 Å². The number of nitrogens with zero attached hydrogens (tertiary/aromatic N) is 5. The van der Waals surface area contributed by atoms with Crippen LogP contribution in [0.1, 0.15) is 47.9 Å². The van der Waals surface area contributed by atoms with Gasteiger partial charge in [0.15, 0.2) is 5.82 Å². The van der Waals surface area contributed by atoms with Gasteiger partial charge in [-0.25, -0.2) is 4.98 Å². The molecule has 0 saturated carbocycles. The Balaban J connectivity index is 1.84. The van der Waals surface area contributed by atoms with Crippen LogP contribution in [-0.2, 0) is 6.42 Å². The van der Waals surface area contributed by atoms with E-state index in [4.69, 9.17) is 4.52 Å². The predicted octanol–water partition coefficient (Wildman–Crippen LogP) is 2.07. The fourth-order valence-electron chi connectivity index (χ4n) is 2.79. The zero-order chi connectivity index (χ0) is 16.4. The molecule has 1 saturated heterocycles. The molecule has 7 heteroatoms. The van der Waals surface area contributed by atoms with E-state index in [9.17, 15) is 4.79 Å². The van der Waals surface area contributed by atoms with Gasteiger partial charge in [-0.1, -0.05) is 12.1 Å². The fourth-order valence-corrected chi connectivity index (χ4v) is 2.79. The molecule has 0 aromatic carbocycles. The van der Waals surface area contributed by atoms with Crippen molar-refractivity contribution in [1.29, 1.82) is 0 Å². The largest absolute Gasteiger partial charge is 0.363 e. The number of anilines is 1. The summed E-state index contributed by atoms with van der Waals surface area (Å²) < 4.78 is 5.19. The number of likely N-dealkylation sites (tertiary alicyclic amines) is 1. The van der Waals surface area contributed by atoms with Gasteiger partial charge in [-0.15, -0.1) is 0 Å². The van der Waals surface area contributed by atoms with Gasteiger partial charge in [0.05, 0.1) is 6.04 Å². The lowest BCUT2D eigenvalue weighted by Gasteiger charge is -2.22. The Bertz CT molecular complexity index is 697. The van der Waals surface area contributed by atoms with Crippen LogP contribution in [0.2, 0.25) is 0 Å². The first-order valence-electron chi connectivity index (χ1n) is 7.87. The molecule has 1 aliphatic rings. The van der Waals surface area contributed by atoms with Gasteiger partial charge in [0.1, 0.15) is 5.82 Å². The van der Waals surface area contributed by atoms with Crippen LogP contribution in [0.25, 0.3) is 0 Å². The second-order valence-corrected chi connectivity index (χ2v) is 5.85. The highest BCUT2D eigenvalue weighted by molar-refractivity contribution is 5.95. The van der Waals surface area contributed by atoms with Gasteiger partial charge in [0, 0.05) is 38.8 Å². The highest BCUT2D eigenvalue weighted by Crippen LogP contribution is 2.31. The SMILES string of the molecule is CCc1nc([C@@H]2CCCN2C(=O)c2ccnc(N(C)C)c2)no1.